The molecule has 0 saturated heterocycles. The molecule has 0 spiro atoms. The predicted octanol–water partition coefficient (Wildman–Crippen LogP) is -0.581. The van der Waals surface area contributed by atoms with E-state index in [0.29, 0.717) is 0 Å². The van der Waals surface area contributed by atoms with Gasteiger partial charge in [0.1, 0.15) is 12.1 Å². The Labute approximate surface area is 70.4 Å². The number of nitrogens with one attached hydrogen (secondary N) is 1. The molecule has 0 aliphatic heterocycles. The zero-order valence-electron chi connectivity index (χ0n) is 7.25. The van der Waals surface area contributed by atoms with Crippen LogP contribution < -0.4 is 10.4 Å². The van der Waals surface area contributed by atoms with E-state index in [2.05, 4.69) is 0 Å². The van der Waals surface area contributed by atoms with Crippen LogP contribution in [0.1, 0.15) is 20.8 Å². The molecule has 0 aliphatic rings. The molecule has 12 heavy (non-hydrogen) atoms. The Balaban J connectivity index is 4.46. The summed E-state index contributed by atoms with van der Waals surface area (Å²) in [6.07, 6.45) is -1.57. The van der Waals surface area contributed by atoms with Gasteiger partial charge < -0.3 is 20.3 Å². The van der Waals surface area contributed by atoms with Crippen molar-refractivity contribution in [3.63, 3.8) is 0 Å². The molecular weight excluding hydrogens is 162 g/mol. The standard InChI is InChI=1S/C7H13NO4/c1-7(2,3)4(5(9)10)8-6(11)12/h4,8H,1-3H3,(H,9,10)(H,11,12)/p-1/t4-/m1/s1. The number of carbonyl (C=O) groups is 2. The molecule has 5 heteroatoms. The Morgan fingerprint density at radius 2 is 1.83 bits per heavy atom. The van der Waals surface area contributed by atoms with Crippen molar-refractivity contribution in [2.24, 2.45) is 5.41 Å². The first-order valence-electron chi connectivity index (χ1n) is 3.45. The number of carbonyl (C=O) groups excluding carboxylic acids is 1. The van der Waals surface area contributed by atoms with Crippen LogP contribution in [-0.2, 0) is 4.79 Å². The molecule has 0 unspecified atom stereocenters. The normalized spacial score (nSPS) is 13.6. The predicted molar refractivity (Wildman–Crippen MR) is 39.4 cm³/mol. The molecule has 0 saturated carbocycles. The average molecular weight is 174 g/mol. The zero-order valence-corrected chi connectivity index (χ0v) is 7.25. The number of amides is 1. The maximum Gasteiger partial charge on any atom is 0.326 e. The molecule has 5 nitrogen and oxygen atoms in total. The smallest absolute Gasteiger partial charge is 0.326 e. The molecule has 0 fully saturated rings. The first kappa shape index (κ1) is 10.7. The Morgan fingerprint density at radius 3 is 1.92 bits per heavy atom. The lowest BCUT2D eigenvalue weighted by Gasteiger charge is -2.28. The Morgan fingerprint density at radius 1 is 1.42 bits per heavy atom. The second-order valence-electron chi connectivity index (χ2n) is 3.57. The fourth-order valence-corrected chi connectivity index (χ4v) is 0.767. The summed E-state index contributed by atoms with van der Waals surface area (Å²) in [5.74, 6) is -1.20. The summed E-state index contributed by atoms with van der Waals surface area (Å²) >= 11 is 0. The largest absolute Gasteiger partial charge is 0.530 e. The molecule has 1 amide bonds. The monoisotopic (exact) mass is 174 g/mol. The quantitative estimate of drug-likeness (QED) is 0.586. The molecule has 0 aliphatic carbocycles. The van der Waals surface area contributed by atoms with E-state index in [1.807, 2.05) is 5.32 Å². The second kappa shape index (κ2) is 3.42. The van der Waals surface area contributed by atoms with Gasteiger partial charge in [0.2, 0.25) is 0 Å². The summed E-state index contributed by atoms with van der Waals surface area (Å²) in [5.41, 5.74) is -0.661. The van der Waals surface area contributed by atoms with Crippen molar-refractivity contribution in [3.05, 3.63) is 0 Å². The van der Waals surface area contributed by atoms with Crippen LogP contribution in [-0.4, -0.2) is 23.2 Å². The summed E-state index contributed by atoms with van der Waals surface area (Å²) in [6, 6.07) is -1.14. The Hall–Kier alpha value is -1.26. The molecular formula is C7H12NO4-. The highest BCUT2D eigenvalue weighted by atomic mass is 16.4. The topological polar surface area (TPSA) is 89.5 Å². The van der Waals surface area contributed by atoms with Crippen molar-refractivity contribution in [2.75, 3.05) is 0 Å². The minimum absolute atomic E-state index is 0.661. The van der Waals surface area contributed by atoms with Crippen molar-refractivity contribution < 1.29 is 19.8 Å². The maximum atomic E-state index is 10.5. The summed E-state index contributed by atoms with van der Waals surface area (Å²) in [5, 5.41) is 20.5. The maximum absolute atomic E-state index is 10.5. The van der Waals surface area contributed by atoms with E-state index in [9.17, 15) is 14.7 Å². The molecule has 1 atom stereocenters. The third-order valence-electron chi connectivity index (χ3n) is 1.38. The highest BCUT2D eigenvalue weighted by Crippen LogP contribution is 2.18. The van der Waals surface area contributed by atoms with E-state index in [1.165, 1.54) is 0 Å². The van der Waals surface area contributed by atoms with Gasteiger partial charge in [0.05, 0.1) is 0 Å². The summed E-state index contributed by atoms with van der Waals surface area (Å²) in [6.45, 7) is 4.88. The highest BCUT2D eigenvalue weighted by molar-refractivity contribution is 5.79. The molecule has 0 aromatic rings. The Bertz CT molecular complexity index is 194. The minimum Gasteiger partial charge on any atom is -0.530 e. The molecule has 0 rings (SSSR count). The van der Waals surface area contributed by atoms with Crippen LogP contribution in [0.25, 0.3) is 0 Å². The van der Waals surface area contributed by atoms with Crippen molar-refractivity contribution in [2.45, 2.75) is 26.8 Å². The molecule has 0 aromatic heterocycles. The average Bonchev–Trinajstić information content (AvgIpc) is 1.79. The Kier molecular flexibility index (Phi) is 3.06. The van der Waals surface area contributed by atoms with Gasteiger partial charge in [-0.2, -0.15) is 0 Å². The van der Waals surface area contributed by atoms with Gasteiger partial charge >= 0.3 is 5.97 Å². The van der Waals surface area contributed by atoms with Gasteiger partial charge in [-0.15, -0.1) is 0 Å². The number of rotatable bonds is 2. The molecule has 2 N–H and O–H groups in total. The van der Waals surface area contributed by atoms with Gasteiger partial charge in [-0.3, -0.25) is 0 Å². The summed E-state index contributed by atoms with van der Waals surface area (Å²) in [4.78, 5) is 20.6. The van der Waals surface area contributed by atoms with E-state index >= 15 is 0 Å². The molecule has 70 valence electrons. The summed E-state index contributed by atoms with van der Waals surface area (Å²) in [7, 11) is 0. The van der Waals surface area contributed by atoms with Crippen LogP contribution in [0.5, 0.6) is 0 Å². The van der Waals surface area contributed by atoms with Crippen molar-refractivity contribution in [1.82, 2.24) is 5.32 Å². The lowest BCUT2D eigenvalue weighted by atomic mass is 9.87. The van der Waals surface area contributed by atoms with Crippen LogP contribution in [0.2, 0.25) is 0 Å². The van der Waals surface area contributed by atoms with E-state index in [0.717, 1.165) is 0 Å². The van der Waals surface area contributed by atoms with Crippen LogP contribution in [0.15, 0.2) is 0 Å². The molecule has 0 heterocycles. The number of carboxylic acid groups (broad SMARTS) is 2. The fourth-order valence-electron chi connectivity index (χ4n) is 0.767. The van der Waals surface area contributed by atoms with E-state index in [4.69, 9.17) is 5.11 Å². The van der Waals surface area contributed by atoms with Gasteiger partial charge in [0.25, 0.3) is 0 Å². The van der Waals surface area contributed by atoms with Crippen LogP contribution in [0.4, 0.5) is 4.79 Å². The number of aliphatic carboxylic acids is 1. The van der Waals surface area contributed by atoms with Crippen molar-refractivity contribution in [1.29, 1.82) is 0 Å². The molecule has 0 aromatic carbocycles. The number of carboxylic acids is 1. The minimum atomic E-state index is -1.57. The second-order valence-corrected chi connectivity index (χ2v) is 3.57. The van der Waals surface area contributed by atoms with Crippen molar-refractivity contribution >= 4 is 12.1 Å². The molecule has 0 bridgehead atoms. The van der Waals surface area contributed by atoms with Gasteiger partial charge in [-0.25, -0.2) is 4.79 Å². The fraction of sp³-hybridized carbons (Fsp3) is 0.714. The van der Waals surface area contributed by atoms with E-state index in [1.54, 1.807) is 20.8 Å². The van der Waals surface area contributed by atoms with Gasteiger partial charge in [-0.1, -0.05) is 20.8 Å². The number of hydrogen-bond donors (Lipinski definition) is 2. The third kappa shape index (κ3) is 3.23. The van der Waals surface area contributed by atoms with Crippen molar-refractivity contribution in [3.8, 4) is 0 Å². The lowest BCUT2D eigenvalue weighted by molar-refractivity contribution is -0.252. The SMILES string of the molecule is CC(C)(C)[C@H](NC(=O)[O-])C(=O)O. The zero-order chi connectivity index (χ0) is 9.94. The molecule has 0 radical (unpaired) electrons. The summed E-state index contributed by atoms with van der Waals surface area (Å²) < 4.78 is 0. The van der Waals surface area contributed by atoms with E-state index in [-0.39, 0.29) is 0 Å². The van der Waals surface area contributed by atoms with Gasteiger partial charge in [-0.05, 0) is 5.41 Å². The van der Waals surface area contributed by atoms with Gasteiger partial charge in [0.15, 0.2) is 0 Å². The first-order valence-corrected chi connectivity index (χ1v) is 3.45. The first-order chi connectivity index (χ1) is 5.25. The van der Waals surface area contributed by atoms with Gasteiger partial charge in [0, 0.05) is 0 Å². The van der Waals surface area contributed by atoms with Crippen LogP contribution >= 0.6 is 0 Å². The van der Waals surface area contributed by atoms with Crippen LogP contribution in [0.3, 0.4) is 0 Å². The van der Waals surface area contributed by atoms with Crippen LogP contribution in [0, 0.1) is 5.41 Å². The lowest BCUT2D eigenvalue weighted by Crippen LogP contribution is -2.53. The number of hydrogen-bond acceptors (Lipinski definition) is 3. The third-order valence-corrected chi connectivity index (χ3v) is 1.38. The van der Waals surface area contributed by atoms with E-state index < -0.39 is 23.5 Å². The highest BCUT2D eigenvalue weighted by Gasteiger charge is 2.30.